The van der Waals surface area contributed by atoms with Gasteiger partial charge in [-0.1, -0.05) is 19.9 Å². The Balaban J connectivity index is 2.26. The summed E-state index contributed by atoms with van der Waals surface area (Å²) in [5.41, 5.74) is 0.264. The zero-order valence-electron chi connectivity index (χ0n) is 12.3. The number of hydrogen-bond donors (Lipinski definition) is 0. The molecule has 1 atom stereocenters. The monoisotopic (exact) mass is 313 g/mol. The first-order valence-corrected chi connectivity index (χ1v) is 8.87. The van der Waals surface area contributed by atoms with E-state index in [0.29, 0.717) is 13.0 Å². The van der Waals surface area contributed by atoms with Crippen LogP contribution in [0.3, 0.4) is 0 Å². The van der Waals surface area contributed by atoms with Crippen molar-refractivity contribution in [3.8, 4) is 0 Å². The van der Waals surface area contributed by atoms with Gasteiger partial charge in [-0.3, -0.25) is 4.79 Å². The van der Waals surface area contributed by atoms with Crippen molar-refractivity contribution in [3.63, 3.8) is 0 Å². The summed E-state index contributed by atoms with van der Waals surface area (Å²) in [5, 5.41) is 0. The van der Waals surface area contributed by atoms with E-state index < -0.39 is 15.7 Å². The van der Waals surface area contributed by atoms with Gasteiger partial charge in [-0.15, -0.1) is 0 Å². The molecular formula is C15H20FNO3S. The topological polar surface area (TPSA) is 54.5 Å². The molecule has 1 amide bonds. The van der Waals surface area contributed by atoms with E-state index in [9.17, 15) is 17.6 Å². The molecule has 6 heteroatoms. The fourth-order valence-corrected chi connectivity index (χ4v) is 4.33. The molecule has 1 aromatic rings. The molecule has 0 aromatic heterocycles. The van der Waals surface area contributed by atoms with E-state index in [1.807, 2.05) is 13.8 Å². The van der Waals surface area contributed by atoms with E-state index in [0.717, 1.165) is 0 Å². The molecule has 0 radical (unpaired) electrons. The molecule has 1 aliphatic rings. The number of amides is 1. The maximum Gasteiger partial charge on any atom is 0.254 e. The highest BCUT2D eigenvalue weighted by Gasteiger charge is 2.35. The summed E-state index contributed by atoms with van der Waals surface area (Å²) in [6.07, 6.45) is 0.454. The molecule has 0 spiro atoms. The lowest BCUT2D eigenvalue weighted by Gasteiger charge is -2.30. The SMILES string of the molecule is CC(C)CN(C(=O)c1cccc(F)c1)C1CCS(=O)(=O)C1. The number of carbonyl (C=O) groups is 1. The molecule has 21 heavy (non-hydrogen) atoms. The van der Waals surface area contributed by atoms with E-state index in [2.05, 4.69) is 0 Å². The Labute approximate surface area is 124 Å². The minimum Gasteiger partial charge on any atom is -0.334 e. The smallest absolute Gasteiger partial charge is 0.254 e. The van der Waals surface area contributed by atoms with E-state index >= 15 is 0 Å². The van der Waals surface area contributed by atoms with Crippen molar-refractivity contribution in [2.45, 2.75) is 26.3 Å². The van der Waals surface area contributed by atoms with Crippen LogP contribution in [0.4, 0.5) is 4.39 Å². The summed E-state index contributed by atoms with van der Waals surface area (Å²) in [4.78, 5) is 14.2. The van der Waals surface area contributed by atoms with Crippen LogP contribution in [-0.2, 0) is 9.84 Å². The number of nitrogens with zero attached hydrogens (tertiary/aromatic N) is 1. The number of rotatable bonds is 4. The number of benzene rings is 1. The van der Waals surface area contributed by atoms with Crippen molar-refractivity contribution in [1.29, 1.82) is 0 Å². The molecule has 116 valence electrons. The predicted molar refractivity (Wildman–Crippen MR) is 79.3 cm³/mol. The average Bonchev–Trinajstić information content (AvgIpc) is 2.75. The van der Waals surface area contributed by atoms with Crippen LogP contribution in [0.15, 0.2) is 24.3 Å². The van der Waals surface area contributed by atoms with Crippen LogP contribution in [0, 0.1) is 11.7 Å². The Kier molecular flexibility index (Phi) is 4.66. The highest BCUT2D eigenvalue weighted by Crippen LogP contribution is 2.21. The van der Waals surface area contributed by atoms with Crippen LogP contribution in [-0.4, -0.2) is 43.3 Å². The number of halogens is 1. The quantitative estimate of drug-likeness (QED) is 0.855. The largest absolute Gasteiger partial charge is 0.334 e. The van der Waals surface area contributed by atoms with Crippen LogP contribution in [0.2, 0.25) is 0 Å². The van der Waals surface area contributed by atoms with E-state index in [4.69, 9.17) is 0 Å². The van der Waals surface area contributed by atoms with Gasteiger partial charge in [0, 0.05) is 18.2 Å². The lowest BCUT2D eigenvalue weighted by molar-refractivity contribution is 0.0672. The molecule has 1 heterocycles. The summed E-state index contributed by atoms with van der Waals surface area (Å²) in [5.74, 6) is -0.441. The average molecular weight is 313 g/mol. The first kappa shape index (κ1) is 15.9. The summed E-state index contributed by atoms with van der Waals surface area (Å²) < 4.78 is 36.6. The van der Waals surface area contributed by atoms with E-state index in [1.165, 1.54) is 18.2 Å². The third-order valence-electron chi connectivity index (χ3n) is 3.54. The first-order chi connectivity index (χ1) is 9.78. The van der Waals surface area contributed by atoms with Crippen LogP contribution in [0.5, 0.6) is 0 Å². The highest BCUT2D eigenvalue weighted by molar-refractivity contribution is 7.91. The van der Waals surface area contributed by atoms with Crippen LogP contribution < -0.4 is 0 Å². The van der Waals surface area contributed by atoms with Crippen molar-refractivity contribution in [3.05, 3.63) is 35.6 Å². The third-order valence-corrected chi connectivity index (χ3v) is 5.29. The summed E-state index contributed by atoms with van der Waals surface area (Å²) in [7, 11) is -3.07. The summed E-state index contributed by atoms with van der Waals surface area (Å²) in [6, 6.07) is 5.21. The Bertz CT molecular complexity index is 628. The molecule has 1 aliphatic heterocycles. The predicted octanol–water partition coefficient (Wildman–Crippen LogP) is 2.11. The molecule has 1 fully saturated rings. The second-order valence-corrected chi connectivity index (χ2v) is 8.15. The van der Waals surface area contributed by atoms with Crippen molar-refractivity contribution < 1.29 is 17.6 Å². The lowest BCUT2D eigenvalue weighted by atomic mass is 10.1. The molecule has 1 unspecified atom stereocenters. The van der Waals surface area contributed by atoms with E-state index in [-0.39, 0.29) is 34.9 Å². The Morgan fingerprint density at radius 2 is 2.14 bits per heavy atom. The maximum atomic E-state index is 13.3. The molecular weight excluding hydrogens is 293 g/mol. The Hall–Kier alpha value is -1.43. The molecule has 0 saturated carbocycles. The fourth-order valence-electron chi connectivity index (χ4n) is 2.60. The van der Waals surface area contributed by atoms with Gasteiger partial charge >= 0.3 is 0 Å². The number of sulfone groups is 1. The minimum atomic E-state index is -3.07. The second-order valence-electron chi connectivity index (χ2n) is 5.92. The van der Waals surface area contributed by atoms with Gasteiger partial charge < -0.3 is 4.90 Å². The standard InChI is InChI=1S/C15H20FNO3S/c1-11(2)9-17(14-6-7-21(19,20)10-14)15(18)12-4-3-5-13(16)8-12/h3-5,8,11,14H,6-7,9-10H2,1-2H3. The molecule has 2 rings (SSSR count). The van der Waals surface area contributed by atoms with Crippen molar-refractivity contribution in [2.75, 3.05) is 18.1 Å². The molecule has 1 aromatic carbocycles. The van der Waals surface area contributed by atoms with E-state index in [1.54, 1.807) is 11.0 Å². The van der Waals surface area contributed by atoms with Gasteiger partial charge in [0.15, 0.2) is 9.84 Å². The lowest BCUT2D eigenvalue weighted by Crippen LogP contribution is -2.43. The van der Waals surface area contributed by atoms with Crippen LogP contribution in [0.1, 0.15) is 30.6 Å². The third kappa shape index (κ3) is 4.03. The Morgan fingerprint density at radius 1 is 1.43 bits per heavy atom. The molecule has 0 bridgehead atoms. The van der Waals surface area contributed by atoms with Crippen molar-refractivity contribution in [2.24, 2.45) is 5.92 Å². The molecule has 4 nitrogen and oxygen atoms in total. The summed E-state index contributed by atoms with van der Waals surface area (Å²) >= 11 is 0. The van der Waals surface area contributed by atoms with Crippen molar-refractivity contribution >= 4 is 15.7 Å². The van der Waals surface area contributed by atoms with Crippen LogP contribution in [0.25, 0.3) is 0 Å². The maximum absolute atomic E-state index is 13.3. The first-order valence-electron chi connectivity index (χ1n) is 7.05. The number of carbonyl (C=O) groups excluding carboxylic acids is 1. The van der Waals surface area contributed by atoms with Crippen molar-refractivity contribution in [1.82, 2.24) is 4.90 Å². The van der Waals surface area contributed by atoms with Gasteiger partial charge in [0.25, 0.3) is 5.91 Å². The van der Waals surface area contributed by atoms with Gasteiger partial charge in [-0.05, 0) is 30.5 Å². The normalized spacial score (nSPS) is 20.7. The molecule has 0 aliphatic carbocycles. The highest BCUT2D eigenvalue weighted by atomic mass is 32.2. The van der Waals surface area contributed by atoms with Crippen LogP contribution >= 0.6 is 0 Å². The molecule has 1 saturated heterocycles. The molecule has 0 N–H and O–H groups in total. The number of hydrogen-bond acceptors (Lipinski definition) is 3. The zero-order chi connectivity index (χ0) is 15.6. The van der Waals surface area contributed by atoms with Gasteiger partial charge in [-0.2, -0.15) is 0 Å². The van der Waals surface area contributed by atoms with Gasteiger partial charge in [0.1, 0.15) is 5.82 Å². The zero-order valence-corrected chi connectivity index (χ0v) is 13.1. The summed E-state index contributed by atoms with van der Waals surface area (Å²) in [6.45, 7) is 4.40. The van der Waals surface area contributed by atoms with Gasteiger partial charge in [0.2, 0.25) is 0 Å². The Morgan fingerprint density at radius 3 is 2.67 bits per heavy atom. The minimum absolute atomic E-state index is 0.000770. The second kappa shape index (κ2) is 6.13. The van der Waals surface area contributed by atoms with Gasteiger partial charge in [-0.25, -0.2) is 12.8 Å². The van der Waals surface area contributed by atoms with Gasteiger partial charge in [0.05, 0.1) is 11.5 Å². The fraction of sp³-hybridized carbons (Fsp3) is 0.533.